The van der Waals surface area contributed by atoms with Gasteiger partial charge in [-0.25, -0.2) is 0 Å². The molecule has 1 amide bonds. The molecule has 1 aliphatic rings. The summed E-state index contributed by atoms with van der Waals surface area (Å²) in [6.45, 7) is 3.11. The smallest absolute Gasteiger partial charge is 0.255 e. The molecule has 0 spiro atoms. The van der Waals surface area contributed by atoms with Gasteiger partial charge in [-0.2, -0.15) is 0 Å². The lowest BCUT2D eigenvalue weighted by Crippen LogP contribution is -2.18. The molecule has 5 nitrogen and oxygen atoms in total. The summed E-state index contributed by atoms with van der Waals surface area (Å²) < 4.78 is 7.64. The number of hydrogen-bond acceptors (Lipinski definition) is 3. The molecular weight excluding hydrogens is 326 g/mol. The van der Waals surface area contributed by atoms with Crippen molar-refractivity contribution >= 4 is 22.5 Å². The van der Waals surface area contributed by atoms with E-state index in [2.05, 4.69) is 41.1 Å². The molecule has 1 aliphatic heterocycles. The Balaban J connectivity index is 1.54. The maximum Gasteiger partial charge on any atom is 0.255 e. The molecule has 3 aromatic rings. The van der Waals surface area contributed by atoms with Gasteiger partial charge in [0.1, 0.15) is 0 Å². The van der Waals surface area contributed by atoms with Crippen LogP contribution < -0.4 is 5.32 Å². The van der Waals surface area contributed by atoms with Crippen LogP contribution in [0.3, 0.4) is 0 Å². The number of carbonyl (C=O) groups is 1. The highest BCUT2D eigenvalue weighted by Crippen LogP contribution is 2.23. The third-order valence-corrected chi connectivity index (χ3v) is 4.80. The van der Waals surface area contributed by atoms with Crippen LogP contribution >= 0.6 is 0 Å². The standard InChI is InChI=1S/C21H23N3O2/c1-23(2)9-10-24-8-7-15-5-6-19(12-20(15)24)22-21(25)16-3-4-17-13-26-14-18(17)11-16/h3-8,11-12H,9-10,13-14H2,1-2H3,(H,22,25). The predicted molar refractivity (Wildman–Crippen MR) is 103 cm³/mol. The van der Waals surface area contributed by atoms with E-state index in [4.69, 9.17) is 4.74 Å². The number of anilines is 1. The minimum atomic E-state index is -0.0922. The van der Waals surface area contributed by atoms with E-state index in [1.165, 1.54) is 10.9 Å². The molecule has 0 bridgehead atoms. The van der Waals surface area contributed by atoms with Crippen molar-refractivity contribution in [2.24, 2.45) is 0 Å². The lowest BCUT2D eigenvalue weighted by molar-refractivity contribution is 0.102. The van der Waals surface area contributed by atoms with Crippen LogP contribution in [0, 0.1) is 0 Å². The number of aromatic nitrogens is 1. The fourth-order valence-electron chi connectivity index (χ4n) is 3.28. The SMILES string of the molecule is CN(C)CCn1ccc2ccc(NC(=O)c3ccc4c(c3)COC4)cc21. The lowest BCUT2D eigenvalue weighted by atomic mass is 10.1. The number of ether oxygens (including phenoxy) is 1. The second-order valence-electron chi connectivity index (χ2n) is 7.02. The van der Waals surface area contributed by atoms with Crippen molar-refractivity contribution in [3.05, 3.63) is 65.4 Å². The zero-order valence-corrected chi connectivity index (χ0v) is 15.2. The van der Waals surface area contributed by atoms with Gasteiger partial charge in [-0.15, -0.1) is 0 Å². The van der Waals surface area contributed by atoms with E-state index in [1.807, 2.05) is 36.4 Å². The van der Waals surface area contributed by atoms with Crippen LogP contribution in [0.5, 0.6) is 0 Å². The Bertz CT molecular complexity index is 959. The molecule has 1 N–H and O–H groups in total. The van der Waals surface area contributed by atoms with Gasteiger partial charge in [-0.1, -0.05) is 12.1 Å². The third kappa shape index (κ3) is 3.36. The number of rotatable bonds is 5. The van der Waals surface area contributed by atoms with E-state index in [0.717, 1.165) is 29.9 Å². The number of nitrogens with zero attached hydrogens (tertiary/aromatic N) is 2. The number of likely N-dealkylation sites (N-methyl/N-ethyl adjacent to an activating group) is 1. The van der Waals surface area contributed by atoms with Gasteiger partial charge in [-0.05, 0) is 60.9 Å². The molecule has 0 aliphatic carbocycles. The molecular formula is C21H23N3O2. The molecule has 2 heterocycles. The first-order valence-corrected chi connectivity index (χ1v) is 8.85. The minimum absolute atomic E-state index is 0.0922. The highest BCUT2D eigenvalue weighted by molar-refractivity contribution is 6.05. The second kappa shape index (κ2) is 6.94. The van der Waals surface area contributed by atoms with E-state index >= 15 is 0 Å². The minimum Gasteiger partial charge on any atom is -0.372 e. The van der Waals surface area contributed by atoms with Gasteiger partial charge in [0.25, 0.3) is 5.91 Å². The number of hydrogen-bond donors (Lipinski definition) is 1. The molecule has 26 heavy (non-hydrogen) atoms. The predicted octanol–water partition coefficient (Wildman–Crippen LogP) is 3.49. The van der Waals surface area contributed by atoms with E-state index in [1.54, 1.807) is 0 Å². The van der Waals surface area contributed by atoms with E-state index in [-0.39, 0.29) is 5.91 Å². The summed E-state index contributed by atoms with van der Waals surface area (Å²) in [7, 11) is 4.14. The highest BCUT2D eigenvalue weighted by Gasteiger charge is 2.14. The van der Waals surface area contributed by atoms with Crippen molar-refractivity contribution in [2.75, 3.05) is 26.0 Å². The van der Waals surface area contributed by atoms with Gasteiger partial charge in [0.15, 0.2) is 0 Å². The first-order chi connectivity index (χ1) is 12.6. The Morgan fingerprint density at radius 1 is 1.12 bits per heavy atom. The van der Waals surface area contributed by atoms with Crippen molar-refractivity contribution in [2.45, 2.75) is 19.8 Å². The molecule has 1 aromatic heterocycles. The maximum atomic E-state index is 12.6. The van der Waals surface area contributed by atoms with E-state index in [9.17, 15) is 4.79 Å². The van der Waals surface area contributed by atoms with Crippen LogP contribution in [-0.2, 0) is 24.5 Å². The number of benzene rings is 2. The summed E-state index contributed by atoms with van der Waals surface area (Å²) in [5.74, 6) is -0.0922. The van der Waals surface area contributed by atoms with Crippen molar-refractivity contribution in [1.82, 2.24) is 9.47 Å². The van der Waals surface area contributed by atoms with Crippen molar-refractivity contribution in [3.8, 4) is 0 Å². The molecule has 0 saturated carbocycles. The second-order valence-corrected chi connectivity index (χ2v) is 7.02. The Hall–Kier alpha value is -2.63. The summed E-state index contributed by atoms with van der Waals surface area (Å²) in [4.78, 5) is 14.8. The van der Waals surface area contributed by atoms with Gasteiger partial charge in [0.05, 0.1) is 18.7 Å². The quantitative estimate of drug-likeness (QED) is 0.767. The number of amides is 1. The molecule has 0 fully saturated rings. The first kappa shape index (κ1) is 16.8. The summed E-state index contributed by atoms with van der Waals surface area (Å²) in [5.41, 5.74) is 4.88. The fourth-order valence-corrected chi connectivity index (χ4v) is 3.28. The van der Waals surface area contributed by atoms with Gasteiger partial charge < -0.3 is 19.5 Å². The highest BCUT2D eigenvalue weighted by atomic mass is 16.5. The van der Waals surface area contributed by atoms with Gasteiger partial charge in [-0.3, -0.25) is 4.79 Å². The molecule has 0 unspecified atom stereocenters. The molecule has 0 atom stereocenters. The first-order valence-electron chi connectivity index (χ1n) is 8.85. The van der Waals surface area contributed by atoms with Crippen LogP contribution in [-0.4, -0.2) is 36.0 Å². The van der Waals surface area contributed by atoms with Gasteiger partial charge >= 0.3 is 0 Å². The molecule has 0 saturated heterocycles. The van der Waals surface area contributed by atoms with Crippen molar-refractivity contribution in [1.29, 1.82) is 0 Å². The van der Waals surface area contributed by atoms with Crippen LogP contribution in [0.1, 0.15) is 21.5 Å². The van der Waals surface area contributed by atoms with E-state index < -0.39 is 0 Å². The average molecular weight is 349 g/mol. The maximum absolute atomic E-state index is 12.6. The zero-order chi connectivity index (χ0) is 18.1. The van der Waals surface area contributed by atoms with Gasteiger partial charge in [0.2, 0.25) is 0 Å². The Kier molecular flexibility index (Phi) is 4.49. The lowest BCUT2D eigenvalue weighted by Gasteiger charge is -2.12. The summed E-state index contributed by atoms with van der Waals surface area (Å²) in [5, 5.41) is 4.20. The van der Waals surface area contributed by atoms with Crippen molar-refractivity contribution in [3.63, 3.8) is 0 Å². The molecule has 4 rings (SSSR count). The number of fused-ring (bicyclic) bond motifs is 2. The molecule has 2 aromatic carbocycles. The number of carbonyl (C=O) groups excluding carboxylic acids is 1. The molecule has 134 valence electrons. The van der Waals surface area contributed by atoms with Crippen LogP contribution in [0.4, 0.5) is 5.69 Å². The molecule has 0 radical (unpaired) electrons. The van der Waals surface area contributed by atoms with Crippen LogP contribution in [0.25, 0.3) is 10.9 Å². The third-order valence-electron chi connectivity index (χ3n) is 4.80. The van der Waals surface area contributed by atoms with Crippen LogP contribution in [0.2, 0.25) is 0 Å². The Morgan fingerprint density at radius 2 is 1.96 bits per heavy atom. The zero-order valence-electron chi connectivity index (χ0n) is 15.2. The normalized spacial score (nSPS) is 13.3. The monoisotopic (exact) mass is 349 g/mol. The van der Waals surface area contributed by atoms with Crippen LogP contribution in [0.15, 0.2) is 48.7 Å². The average Bonchev–Trinajstić information content (AvgIpc) is 3.25. The largest absolute Gasteiger partial charge is 0.372 e. The summed E-state index contributed by atoms with van der Waals surface area (Å²) >= 11 is 0. The Labute approximate surface area is 153 Å². The Morgan fingerprint density at radius 3 is 2.81 bits per heavy atom. The van der Waals surface area contributed by atoms with Gasteiger partial charge in [0, 0.05) is 30.5 Å². The summed E-state index contributed by atoms with van der Waals surface area (Å²) in [6.07, 6.45) is 2.10. The summed E-state index contributed by atoms with van der Waals surface area (Å²) in [6, 6.07) is 13.9. The van der Waals surface area contributed by atoms with E-state index in [0.29, 0.717) is 18.8 Å². The topological polar surface area (TPSA) is 46.5 Å². The molecule has 5 heteroatoms. The van der Waals surface area contributed by atoms with Crippen molar-refractivity contribution < 1.29 is 9.53 Å². The fraction of sp³-hybridized carbons (Fsp3) is 0.286. The number of nitrogens with one attached hydrogen (secondary N) is 1.